The molecule has 1 N–H and O–H groups in total. The van der Waals surface area contributed by atoms with Crippen molar-refractivity contribution < 1.29 is 4.74 Å². The van der Waals surface area contributed by atoms with E-state index in [1.807, 2.05) is 6.92 Å². The highest BCUT2D eigenvalue weighted by atomic mass is 35.5. The molecule has 1 aliphatic rings. The van der Waals surface area contributed by atoms with Crippen LogP contribution >= 0.6 is 11.6 Å². The molecule has 1 heterocycles. The summed E-state index contributed by atoms with van der Waals surface area (Å²) in [5.41, 5.74) is 0. The van der Waals surface area contributed by atoms with Crippen LogP contribution in [0.4, 0.5) is 5.95 Å². The fourth-order valence-corrected chi connectivity index (χ4v) is 1.38. The number of rotatable bonds is 6. The summed E-state index contributed by atoms with van der Waals surface area (Å²) in [6, 6.07) is 0.292. The van der Waals surface area contributed by atoms with Crippen molar-refractivity contribution in [1.82, 2.24) is 15.0 Å². The highest BCUT2D eigenvalue weighted by Crippen LogP contribution is 2.28. The molecule has 6 heteroatoms. The molecule has 0 atom stereocenters. The van der Waals surface area contributed by atoms with Gasteiger partial charge in [-0.2, -0.15) is 15.0 Å². The van der Waals surface area contributed by atoms with E-state index in [2.05, 4.69) is 20.3 Å². The van der Waals surface area contributed by atoms with Gasteiger partial charge in [-0.05, 0) is 36.8 Å². The first-order chi connectivity index (χ1) is 7.78. The lowest BCUT2D eigenvalue weighted by atomic mass is 10.4. The van der Waals surface area contributed by atoms with Crippen molar-refractivity contribution in [2.75, 3.05) is 18.5 Å². The molecule has 0 unspecified atom stereocenters. The Balaban J connectivity index is 1.96. The van der Waals surface area contributed by atoms with E-state index < -0.39 is 0 Å². The second-order valence-corrected chi connectivity index (χ2v) is 4.22. The largest absolute Gasteiger partial charge is 0.463 e. The molecule has 1 aromatic rings. The van der Waals surface area contributed by atoms with Crippen molar-refractivity contribution in [2.45, 2.75) is 26.2 Å². The minimum Gasteiger partial charge on any atom is -0.463 e. The predicted octanol–water partition coefficient (Wildman–Crippen LogP) is 2.14. The van der Waals surface area contributed by atoms with E-state index in [1.165, 1.54) is 12.8 Å². The molecular formula is C10H15ClN4O. The third kappa shape index (κ3) is 3.48. The second kappa shape index (κ2) is 5.30. The number of aromatic nitrogens is 3. The molecule has 0 bridgehead atoms. The average Bonchev–Trinajstić information content (AvgIpc) is 3.07. The number of anilines is 1. The monoisotopic (exact) mass is 242 g/mol. The van der Waals surface area contributed by atoms with Crippen LogP contribution in [0.15, 0.2) is 0 Å². The van der Waals surface area contributed by atoms with Crippen molar-refractivity contribution in [2.24, 2.45) is 5.92 Å². The van der Waals surface area contributed by atoms with Crippen molar-refractivity contribution in [3.8, 4) is 6.01 Å². The molecule has 0 radical (unpaired) electrons. The fraction of sp³-hybridized carbons (Fsp3) is 0.700. The Morgan fingerprint density at radius 3 is 2.88 bits per heavy atom. The van der Waals surface area contributed by atoms with Crippen LogP contribution in [0.2, 0.25) is 5.28 Å². The minimum absolute atomic E-state index is 0.166. The zero-order chi connectivity index (χ0) is 11.4. The number of hydrogen-bond acceptors (Lipinski definition) is 5. The molecule has 5 nitrogen and oxygen atoms in total. The summed E-state index contributed by atoms with van der Waals surface area (Å²) in [6.07, 6.45) is 3.48. The molecule has 0 aromatic carbocycles. The summed E-state index contributed by atoms with van der Waals surface area (Å²) >= 11 is 5.78. The van der Waals surface area contributed by atoms with E-state index in [4.69, 9.17) is 16.3 Å². The number of nitrogens with one attached hydrogen (secondary N) is 1. The maximum Gasteiger partial charge on any atom is 0.322 e. The Kier molecular flexibility index (Phi) is 3.77. The minimum atomic E-state index is 0.166. The van der Waals surface area contributed by atoms with Gasteiger partial charge in [0, 0.05) is 6.54 Å². The van der Waals surface area contributed by atoms with Crippen LogP contribution in [0.25, 0.3) is 0 Å². The zero-order valence-corrected chi connectivity index (χ0v) is 10.00. The molecule has 16 heavy (non-hydrogen) atoms. The van der Waals surface area contributed by atoms with Gasteiger partial charge in [-0.25, -0.2) is 0 Å². The van der Waals surface area contributed by atoms with E-state index >= 15 is 0 Å². The van der Waals surface area contributed by atoms with Crippen LogP contribution in [-0.4, -0.2) is 28.1 Å². The lowest BCUT2D eigenvalue weighted by Gasteiger charge is -2.06. The second-order valence-electron chi connectivity index (χ2n) is 3.88. The number of halogens is 1. The molecule has 1 aliphatic carbocycles. The van der Waals surface area contributed by atoms with Gasteiger partial charge in [0.2, 0.25) is 11.2 Å². The highest BCUT2D eigenvalue weighted by Gasteiger charge is 2.21. The first-order valence-electron chi connectivity index (χ1n) is 5.56. The van der Waals surface area contributed by atoms with Crippen molar-refractivity contribution in [3.05, 3.63) is 5.28 Å². The molecule has 2 rings (SSSR count). The number of hydrogen-bond donors (Lipinski definition) is 1. The zero-order valence-electron chi connectivity index (χ0n) is 9.24. The summed E-state index contributed by atoms with van der Waals surface area (Å²) in [5.74, 6) is 1.26. The quantitative estimate of drug-likeness (QED) is 0.828. The number of nitrogens with zero attached hydrogens (tertiary/aromatic N) is 3. The van der Waals surface area contributed by atoms with Gasteiger partial charge in [0.1, 0.15) is 0 Å². The Morgan fingerprint density at radius 2 is 2.19 bits per heavy atom. The van der Waals surface area contributed by atoms with E-state index in [1.54, 1.807) is 0 Å². The van der Waals surface area contributed by atoms with Crippen molar-refractivity contribution in [1.29, 1.82) is 0 Å². The molecule has 0 saturated heterocycles. The van der Waals surface area contributed by atoms with Gasteiger partial charge >= 0.3 is 6.01 Å². The lowest BCUT2D eigenvalue weighted by Crippen LogP contribution is -2.09. The molecule has 0 spiro atoms. The molecule has 1 aromatic heterocycles. The van der Waals surface area contributed by atoms with Gasteiger partial charge in [0.15, 0.2) is 0 Å². The van der Waals surface area contributed by atoms with Crippen LogP contribution in [0.5, 0.6) is 6.01 Å². The standard InChI is InChI=1S/C10H15ClN4O/c1-2-5-16-10-14-8(11)13-9(15-10)12-6-7-3-4-7/h7H,2-6H2,1H3,(H,12,13,14,15). The van der Waals surface area contributed by atoms with Crippen LogP contribution in [-0.2, 0) is 0 Å². The Hall–Kier alpha value is -1.10. The van der Waals surface area contributed by atoms with Gasteiger partial charge in [-0.3, -0.25) is 0 Å². The van der Waals surface area contributed by atoms with Crippen LogP contribution in [0.3, 0.4) is 0 Å². The summed E-state index contributed by atoms with van der Waals surface area (Å²) in [7, 11) is 0. The Bertz CT molecular complexity index is 357. The summed E-state index contributed by atoms with van der Waals surface area (Å²) in [5, 5.41) is 3.30. The summed E-state index contributed by atoms with van der Waals surface area (Å²) in [4.78, 5) is 12.0. The maximum absolute atomic E-state index is 5.78. The van der Waals surface area contributed by atoms with E-state index in [0.717, 1.165) is 18.9 Å². The van der Waals surface area contributed by atoms with E-state index in [-0.39, 0.29) is 5.28 Å². The first-order valence-corrected chi connectivity index (χ1v) is 5.94. The summed E-state index contributed by atoms with van der Waals surface area (Å²) < 4.78 is 5.31. The SMILES string of the molecule is CCCOc1nc(Cl)nc(NCC2CC2)n1. The molecule has 88 valence electrons. The van der Waals surface area contributed by atoms with Crippen molar-refractivity contribution >= 4 is 17.5 Å². The third-order valence-electron chi connectivity index (χ3n) is 2.27. The average molecular weight is 243 g/mol. The van der Waals surface area contributed by atoms with Gasteiger partial charge in [-0.1, -0.05) is 6.92 Å². The summed E-state index contributed by atoms with van der Waals surface area (Å²) in [6.45, 7) is 3.50. The predicted molar refractivity (Wildman–Crippen MR) is 61.8 cm³/mol. The topological polar surface area (TPSA) is 59.9 Å². The third-order valence-corrected chi connectivity index (χ3v) is 2.44. The smallest absolute Gasteiger partial charge is 0.322 e. The van der Waals surface area contributed by atoms with Gasteiger partial charge < -0.3 is 10.1 Å². The van der Waals surface area contributed by atoms with Crippen LogP contribution in [0.1, 0.15) is 26.2 Å². The van der Waals surface area contributed by atoms with Gasteiger partial charge in [0.05, 0.1) is 6.61 Å². The fourth-order valence-electron chi connectivity index (χ4n) is 1.23. The van der Waals surface area contributed by atoms with Gasteiger partial charge in [-0.15, -0.1) is 0 Å². The van der Waals surface area contributed by atoms with Gasteiger partial charge in [0.25, 0.3) is 0 Å². The van der Waals surface area contributed by atoms with Crippen LogP contribution in [0, 0.1) is 5.92 Å². The normalized spacial score (nSPS) is 14.9. The maximum atomic E-state index is 5.78. The molecule has 0 amide bonds. The van der Waals surface area contributed by atoms with E-state index in [0.29, 0.717) is 18.6 Å². The molecule has 0 aliphatic heterocycles. The molecule has 1 saturated carbocycles. The van der Waals surface area contributed by atoms with Crippen molar-refractivity contribution in [3.63, 3.8) is 0 Å². The lowest BCUT2D eigenvalue weighted by molar-refractivity contribution is 0.291. The Morgan fingerprint density at radius 1 is 1.38 bits per heavy atom. The first kappa shape index (κ1) is 11.4. The number of ether oxygens (including phenoxy) is 1. The van der Waals surface area contributed by atoms with E-state index in [9.17, 15) is 0 Å². The highest BCUT2D eigenvalue weighted by molar-refractivity contribution is 6.28. The van der Waals surface area contributed by atoms with Crippen LogP contribution < -0.4 is 10.1 Å². The molecule has 1 fully saturated rings. The Labute approximate surface area is 99.6 Å². The molecular weight excluding hydrogens is 228 g/mol.